The van der Waals surface area contributed by atoms with Crippen LogP contribution in [0.3, 0.4) is 0 Å². The Morgan fingerprint density at radius 2 is 0.872 bits per heavy atom. The first-order valence-electron chi connectivity index (χ1n) is 13.4. The summed E-state index contributed by atoms with van der Waals surface area (Å²) in [6.45, 7) is 0. The highest BCUT2D eigenvalue weighted by Crippen LogP contribution is 2.36. The van der Waals surface area contributed by atoms with Crippen molar-refractivity contribution in [2.24, 2.45) is 0 Å². The van der Waals surface area contributed by atoms with Crippen LogP contribution in [0.2, 0.25) is 0 Å². The number of benzene rings is 7. The summed E-state index contributed by atoms with van der Waals surface area (Å²) in [7, 11) is 0. The molecular formula is C38H25N. The summed E-state index contributed by atoms with van der Waals surface area (Å²) < 4.78 is 2.37. The van der Waals surface area contributed by atoms with E-state index in [4.69, 9.17) is 0 Å². The average molecular weight is 496 g/mol. The van der Waals surface area contributed by atoms with Crippen LogP contribution in [0.15, 0.2) is 152 Å². The normalized spacial score (nSPS) is 11.6. The Morgan fingerprint density at radius 1 is 0.308 bits per heavy atom. The lowest BCUT2D eigenvalue weighted by Gasteiger charge is -2.10. The molecule has 0 saturated heterocycles. The van der Waals surface area contributed by atoms with Crippen LogP contribution in [0.4, 0.5) is 0 Å². The zero-order chi connectivity index (χ0) is 25.8. The lowest BCUT2D eigenvalue weighted by Crippen LogP contribution is -1.92. The Kier molecular flexibility index (Phi) is 4.89. The zero-order valence-electron chi connectivity index (χ0n) is 21.4. The Balaban J connectivity index is 1.28. The van der Waals surface area contributed by atoms with Crippen molar-refractivity contribution in [1.82, 2.24) is 4.57 Å². The molecule has 8 rings (SSSR count). The monoisotopic (exact) mass is 495 g/mol. The second-order valence-corrected chi connectivity index (χ2v) is 10.2. The van der Waals surface area contributed by atoms with E-state index < -0.39 is 0 Å². The third-order valence-corrected chi connectivity index (χ3v) is 7.96. The standard InChI is InChI=1S/C38H25N/c1-2-12-32(13-3-1)39-37-16-7-6-15-34(37)36-25-31(21-22-38(36)39)29-11-8-10-28(23-29)30-20-19-27-18-17-26-9-4-5-14-33(26)35(27)24-30/h1-25H. The Hall–Kier alpha value is -5.14. The smallest absolute Gasteiger partial charge is 0.0541 e. The molecule has 0 aliphatic heterocycles. The topological polar surface area (TPSA) is 4.93 Å². The Bertz CT molecular complexity index is 2170. The van der Waals surface area contributed by atoms with E-state index in [0.29, 0.717) is 0 Å². The quantitative estimate of drug-likeness (QED) is 0.215. The summed E-state index contributed by atoms with van der Waals surface area (Å²) >= 11 is 0. The van der Waals surface area contributed by atoms with Gasteiger partial charge in [0, 0.05) is 16.5 Å². The lowest BCUT2D eigenvalue weighted by molar-refractivity contribution is 1.18. The molecule has 0 saturated carbocycles. The minimum absolute atomic E-state index is 1.18. The van der Waals surface area contributed by atoms with Crippen molar-refractivity contribution in [2.75, 3.05) is 0 Å². The lowest BCUT2D eigenvalue weighted by atomic mass is 9.95. The number of aromatic nitrogens is 1. The molecule has 0 spiro atoms. The first-order chi connectivity index (χ1) is 19.3. The van der Waals surface area contributed by atoms with Gasteiger partial charge in [-0.1, -0.05) is 109 Å². The average Bonchev–Trinajstić information content (AvgIpc) is 3.35. The summed E-state index contributed by atoms with van der Waals surface area (Å²) in [4.78, 5) is 0. The molecule has 0 fully saturated rings. The first-order valence-corrected chi connectivity index (χ1v) is 13.4. The number of rotatable bonds is 3. The van der Waals surface area contributed by atoms with Crippen LogP contribution in [0.1, 0.15) is 0 Å². The molecule has 1 heteroatoms. The molecule has 0 atom stereocenters. The molecule has 1 nitrogen and oxygen atoms in total. The highest BCUT2D eigenvalue weighted by atomic mass is 15.0. The van der Waals surface area contributed by atoms with Crippen molar-refractivity contribution in [3.05, 3.63) is 152 Å². The Morgan fingerprint density at radius 3 is 1.69 bits per heavy atom. The van der Waals surface area contributed by atoms with Gasteiger partial charge in [-0.05, 0) is 86.3 Å². The van der Waals surface area contributed by atoms with E-state index in [9.17, 15) is 0 Å². The van der Waals surface area contributed by atoms with Crippen LogP contribution in [-0.2, 0) is 0 Å². The van der Waals surface area contributed by atoms with Gasteiger partial charge in [0.15, 0.2) is 0 Å². The van der Waals surface area contributed by atoms with Gasteiger partial charge in [0.05, 0.1) is 11.0 Å². The van der Waals surface area contributed by atoms with Crippen LogP contribution in [0, 0.1) is 0 Å². The van der Waals surface area contributed by atoms with E-state index in [-0.39, 0.29) is 0 Å². The van der Waals surface area contributed by atoms with Crippen molar-refractivity contribution in [2.45, 2.75) is 0 Å². The molecule has 1 aromatic heterocycles. The fraction of sp³-hybridized carbons (Fsp3) is 0. The molecule has 39 heavy (non-hydrogen) atoms. The zero-order valence-corrected chi connectivity index (χ0v) is 21.4. The third kappa shape index (κ3) is 3.55. The minimum atomic E-state index is 1.18. The molecule has 0 bridgehead atoms. The molecule has 0 amide bonds. The van der Waals surface area contributed by atoms with Gasteiger partial charge < -0.3 is 4.57 Å². The van der Waals surface area contributed by atoms with Crippen molar-refractivity contribution < 1.29 is 0 Å². The highest BCUT2D eigenvalue weighted by molar-refractivity contribution is 6.11. The van der Waals surface area contributed by atoms with Crippen molar-refractivity contribution >= 4 is 43.4 Å². The molecule has 0 unspecified atom stereocenters. The number of hydrogen-bond donors (Lipinski definition) is 0. The predicted molar refractivity (Wildman–Crippen MR) is 167 cm³/mol. The summed E-state index contributed by atoms with van der Waals surface area (Å²) in [5.41, 5.74) is 8.56. The Labute approximate surface area is 227 Å². The number of fused-ring (bicyclic) bond motifs is 6. The molecule has 0 aliphatic rings. The summed E-state index contributed by atoms with van der Waals surface area (Å²) in [6, 6.07) is 55.0. The highest BCUT2D eigenvalue weighted by Gasteiger charge is 2.13. The molecule has 0 N–H and O–H groups in total. The van der Waals surface area contributed by atoms with Crippen molar-refractivity contribution in [3.8, 4) is 27.9 Å². The minimum Gasteiger partial charge on any atom is -0.309 e. The maximum Gasteiger partial charge on any atom is 0.0541 e. The van der Waals surface area contributed by atoms with Gasteiger partial charge in [-0.15, -0.1) is 0 Å². The van der Waals surface area contributed by atoms with E-state index in [0.717, 1.165) is 0 Å². The summed E-state index contributed by atoms with van der Waals surface area (Å²) in [5, 5.41) is 7.69. The maximum absolute atomic E-state index is 2.37. The first kappa shape index (κ1) is 21.9. The van der Waals surface area contributed by atoms with Gasteiger partial charge in [-0.3, -0.25) is 0 Å². The number of nitrogens with zero attached hydrogens (tertiary/aromatic N) is 1. The maximum atomic E-state index is 2.37. The van der Waals surface area contributed by atoms with Gasteiger partial charge in [-0.25, -0.2) is 0 Å². The van der Waals surface area contributed by atoms with E-state index >= 15 is 0 Å². The van der Waals surface area contributed by atoms with E-state index in [1.54, 1.807) is 0 Å². The van der Waals surface area contributed by atoms with E-state index in [2.05, 4.69) is 156 Å². The van der Waals surface area contributed by atoms with Crippen LogP contribution in [0.5, 0.6) is 0 Å². The summed E-state index contributed by atoms with van der Waals surface area (Å²) in [6.07, 6.45) is 0. The second-order valence-electron chi connectivity index (χ2n) is 10.2. The molecule has 8 aromatic rings. The van der Waals surface area contributed by atoms with Crippen LogP contribution >= 0.6 is 0 Å². The van der Waals surface area contributed by atoms with Gasteiger partial charge in [-0.2, -0.15) is 0 Å². The van der Waals surface area contributed by atoms with Crippen molar-refractivity contribution in [3.63, 3.8) is 0 Å². The second kappa shape index (κ2) is 8.72. The fourth-order valence-corrected chi connectivity index (χ4v) is 6.07. The molecule has 1 heterocycles. The van der Waals surface area contributed by atoms with Gasteiger partial charge >= 0.3 is 0 Å². The molecule has 182 valence electrons. The van der Waals surface area contributed by atoms with Gasteiger partial charge in [0.25, 0.3) is 0 Å². The fourth-order valence-electron chi connectivity index (χ4n) is 6.07. The van der Waals surface area contributed by atoms with E-state index in [1.807, 2.05) is 0 Å². The predicted octanol–water partition coefficient (Wildman–Crippen LogP) is 10.4. The van der Waals surface area contributed by atoms with Gasteiger partial charge in [0.1, 0.15) is 0 Å². The van der Waals surface area contributed by atoms with E-state index in [1.165, 1.54) is 71.3 Å². The van der Waals surface area contributed by atoms with Gasteiger partial charge in [0.2, 0.25) is 0 Å². The molecule has 0 radical (unpaired) electrons. The molecule has 0 aliphatic carbocycles. The SMILES string of the molecule is c1ccc(-n2c3ccccc3c3cc(-c4cccc(-c5ccc6ccc7ccccc7c6c5)c4)ccc32)cc1. The van der Waals surface area contributed by atoms with Crippen LogP contribution in [-0.4, -0.2) is 4.57 Å². The number of para-hydroxylation sites is 2. The summed E-state index contributed by atoms with van der Waals surface area (Å²) in [5.74, 6) is 0. The van der Waals surface area contributed by atoms with Crippen LogP contribution in [0.25, 0.3) is 71.3 Å². The largest absolute Gasteiger partial charge is 0.309 e. The third-order valence-electron chi connectivity index (χ3n) is 7.96. The molecular weight excluding hydrogens is 470 g/mol. The molecule has 7 aromatic carbocycles. The van der Waals surface area contributed by atoms with Crippen LogP contribution < -0.4 is 0 Å². The van der Waals surface area contributed by atoms with Crippen molar-refractivity contribution in [1.29, 1.82) is 0 Å². The number of hydrogen-bond acceptors (Lipinski definition) is 0.